The minimum Gasteiger partial charge on any atom is -0.449 e. The van der Waals surface area contributed by atoms with E-state index in [1.165, 1.54) is 0 Å². The third kappa shape index (κ3) is 7.42. The lowest BCUT2D eigenvalue weighted by Gasteiger charge is -2.28. The van der Waals surface area contributed by atoms with E-state index in [9.17, 15) is 17.7 Å². The van der Waals surface area contributed by atoms with Gasteiger partial charge in [0.1, 0.15) is 5.60 Å². The minimum absolute atomic E-state index is 0.209. The van der Waals surface area contributed by atoms with Crippen LogP contribution in [-0.2, 0) is 4.74 Å². The Morgan fingerprint density at radius 1 is 1.31 bits per heavy atom. The van der Waals surface area contributed by atoms with Crippen molar-refractivity contribution in [2.45, 2.75) is 39.6 Å². The molecule has 0 aromatic carbocycles. The number of ether oxygens (including phenoxy) is 1. The molecular formula is C9H18BF3NO2-. The second-order valence-corrected chi connectivity index (χ2v) is 4.56. The van der Waals surface area contributed by atoms with Crippen LogP contribution < -0.4 is 0 Å². The van der Waals surface area contributed by atoms with Gasteiger partial charge in [0.2, 0.25) is 0 Å². The molecule has 0 radical (unpaired) electrons. The predicted octanol–water partition coefficient (Wildman–Crippen LogP) is 3.09. The average molecular weight is 240 g/mol. The molecule has 0 spiro atoms. The normalized spacial score (nSPS) is 12.4. The monoisotopic (exact) mass is 240 g/mol. The van der Waals surface area contributed by atoms with E-state index in [0.717, 1.165) is 4.90 Å². The lowest BCUT2D eigenvalue weighted by Crippen LogP contribution is -2.38. The molecule has 0 aromatic heterocycles. The molecule has 7 heteroatoms. The molecule has 0 aliphatic carbocycles. The maximum atomic E-state index is 12.0. The number of carbonyl (C=O) groups is 1. The summed E-state index contributed by atoms with van der Waals surface area (Å²) in [5.74, 6) is 0. The molecule has 1 amide bonds. The summed E-state index contributed by atoms with van der Waals surface area (Å²) < 4.78 is 41.1. The van der Waals surface area contributed by atoms with Gasteiger partial charge in [-0.15, -0.1) is 0 Å². The first-order valence-electron chi connectivity index (χ1n) is 5.24. The molecule has 0 aliphatic rings. The van der Waals surface area contributed by atoms with Crippen molar-refractivity contribution in [3.8, 4) is 0 Å². The van der Waals surface area contributed by atoms with Crippen LogP contribution in [0.4, 0.5) is 17.7 Å². The summed E-state index contributed by atoms with van der Waals surface area (Å²) in [6, 6.07) is 0. The summed E-state index contributed by atoms with van der Waals surface area (Å²) in [5.41, 5.74) is -0.687. The van der Waals surface area contributed by atoms with Crippen LogP contribution in [0.3, 0.4) is 0 Å². The molecule has 0 N–H and O–H groups in total. The van der Waals surface area contributed by atoms with Crippen LogP contribution in [0.15, 0.2) is 0 Å². The van der Waals surface area contributed by atoms with E-state index in [1.54, 1.807) is 27.7 Å². The van der Waals surface area contributed by atoms with E-state index >= 15 is 0 Å². The SMILES string of the molecule is CCN(CC[B-](F)(F)F)C(=O)OC(C)(C)C. The molecule has 96 valence electrons. The lowest BCUT2D eigenvalue weighted by molar-refractivity contribution is 0.0268. The second kappa shape index (κ2) is 5.45. The van der Waals surface area contributed by atoms with Crippen molar-refractivity contribution in [1.82, 2.24) is 4.90 Å². The third-order valence-corrected chi connectivity index (χ3v) is 1.76. The van der Waals surface area contributed by atoms with Crippen molar-refractivity contribution in [1.29, 1.82) is 0 Å². The predicted molar refractivity (Wildman–Crippen MR) is 57.4 cm³/mol. The van der Waals surface area contributed by atoms with Crippen LogP contribution in [-0.4, -0.2) is 36.7 Å². The van der Waals surface area contributed by atoms with Gasteiger partial charge in [0.15, 0.2) is 0 Å². The average Bonchev–Trinajstić information content (AvgIpc) is 1.99. The molecule has 0 heterocycles. The molecule has 0 atom stereocenters. The number of amides is 1. The molecular weight excluding hydrogens is 222 g/mol. The molecule has 0 rings (SSSR count). The van der Waals surface area contributed by atoms with Crippen molar-refractivity contribution < 1.29 is 22.5 Å². The van der Waals surface area contributed by atoms with Crippen molar-refractivity contribution in [2.24, 2.45) is 0 Å². The Hall–Kier alpha value is -0.875. The Balaban J connectivity index is 4.23. The lowest BCUT2D eigenvalue weighted by atomic mass is 9.86. The van der Waals surface area contributed by atoms with Gasteiger partial charge in [0, 0.05) is 13.1 Å². The van der Waals surface area contributed by atoms with E-state index < -0.39 is 25.0 Å². The van der Waals surface area contributed by atoms with Crippen LogP contribution in [0.25, 0.3) is 0 Å². The van der Waals surface area contributed by atoms with Crippen molar-refractivity contribution in [2.75, 3.05) is 13.1 Å². The highest BCUT2D eigenvalue weighted by molar-refractivity contribution is 6.58. The van der Waals surface area contributed by atoms with Gasteiger partial charge in [-0.2, -0.15) is 0 Å². The number of halogens is 3. The molecule has 16 heavy (non-hydrogen) atoms. The molecule has 0 saturated heterocycles. The van der Waals surface area contributed by atoms with Gasteiger partial charge in [0.25, 0.3) is 0 Å². The number of hydrogen-bond acceptors (Lipinski definition) is 2. The molecule has 3 nitrogen and oxygen atoms in total. The summed E-state index contributed by atoms with van der Waals surface area (Å²) in [5, 5.41) is 0. The van der Waals surface area contributed by atoms with Crippen LogP contribution in [0, 0.1) is 0 Å². The van der Waals surface area contributed by atoms with E-state index in [2.05, 4.69) is 0 Å². The van der Waals surface area contributed by atoms with Crippen LogP contribution in [0.5, 0.6) is 0 Å². The Kier molecular flexibility index (Phi) is 5.15. The Morgan fingerprint density at radius 3 is 2.12 bits per heavy atom. The summed E-state index contributed by atoms with van der Waals surface area (Å²) in [6.07, 6.45) is -1.65. The zero-order chi connectivity index (χ0) is 13.0. The zero-order valence-electron chi connectivity index (χ0n) is 10.1. The highest BCUT2D eigenvalue weighted by Crippen LogP contribution is 2.16. The van der Waals surface area contributed by atoms with Crippen LogP contribution >= 0.6 is 0 Å². The van der Waals surface area contributed by atoms with Gasteiger partial charge in [0.05, 0.1) is 0 Å². The zero-order valence-corrected chi connectivity index (χ0v) is 10.1. The smallest absolute Gasteiger partial charge is 0.449 e. The van der Waals surface area contributed by atoms with Crippen molar-refractivity contribution in [3.05, 3.63) is 0 Å². The number of carbonyl (C=O) groups excluding carboxylic acids is 1. The summed E-state index contributed by atoms with van der Waals surface area (Å²) in [6.45, 7) is 1.65. The minimum atomic E-state index is -4.86. The van der Waals surface area contributed by atoms with E-state index in [0.29, 0.717) is 0 Å². The summed E-state index contributed by atoms with van der Waals surface area (Å²) in [7, 11) is 0. The Bertz CT molecular complexity index is 238. The summed E-state index contributed by atoms with van der Waals surface area (Å²) in [4.78, 5) is 12.5. The standard InChI is InChI=1S/C9H18BF3NO2/c1-5-14(7-6-10(11,12)13)8(15)16-9(2,3)4/h5-7H2,1-4H3/q-1. The first-order valence-corrected chi connectivity index (χ1v) is 5.24. The van der Waals surface area contributed by atoms with Gasteiger partial charge in [-0.1, -0.05) is 6.32 Å². The van der Waals surface area contributed by atoms with Gasteiger partial charge >= 0.3 is 13.1 Å². The maximum Gasteiger partial charge on any atom is 0.480 e. The highest BCUT2D eigenvalue weighted by atomic mass is 19.4. The first kappa shape index (κ1) is 15.1. The molecule has 0 saturated carbocycles. The highest BCUT2D eigenvalue weighted by Gasteiger charge is 2.26. The van der Waals surface area contributed by atoms with Crippen LogP contribution in [0.2, 0.25) is 6.32 Å². The van der Waals surface area contributed by atoms with E-state index in [-0.39, 0.29) is 13.1 Å². The van der Waals surface area contributed by atoms with Crippen LogP contribution in [0.1, 0.15) is 27.7 Å². The van der Waals surface area contributed by atoms with Gasteiger partial charge < -0.3 is 22.6 Å². The second-order valence-electron chi connectivity index (χ2n) is 4.56. The topological polar surface area (TPSA) is 29.5 Å². The Labute approximate surface area is 94.0 Å². The number of rotatable bonds is 4. The van der Waals surface area contributed by atoms with Gasteiger partial charge in [-0.3, -0.25) is 0 Å². The van der Waals surface area contributed by atoms with Crippen molar-refractivity contribution in [3.63, 3.8) is 0 Å². The number of nitrogens with zero attached hydrogens (tertiary/aromatic N) is 1. The summed E-state index contributed by atoms with van der Waals surface area (Å²) >= 11 is 0. The first-order chi connectivity index (χ1) is 7.05. The molecule has 0 aromatic rings. The number of hydrogen-bond donors (Lipinski definition) is 0. The fourth-order valence-electron chi connectivity index (χ4n) is 1.01. The van der Waals surface area contributed by atoms with Crippen molar-refractivity contribution >= 4 is 13.1 Å². The molecule has 0 unspecified atom stereocenters. The molecule has 0 fully saturated rings. The maximum absolute atomic E-state index is 12.0. The Morgan fingerprint density at radius 2 is 1.81 bits per heavy atom. The van der Waals surface area contributed by atoms with Gasteiger partial charge in [-0.25, -0.2) is 4.79 Å². The molecule has 0 aliphatic heterocycles. The molecule has 0 bridgehead atoms. The third-order valence-electron chi connectivity index (χ3n) is 1.76. The van der Waals surface area contributed by atoms with Gasteiger partial charge in [-0.05, 0) is 27.7 Å². The fraction of sp³-hybridized carbons (Fsp3) is 0.889. The largest absolute Gasteiger partial charge is 0.480 e. The van der Waals surface area contributed by atoms with E-state index in [4.69, 9.17) is 4.74 Å². The fourth-order valence-corrected chi connectivity index (χ4v) is 1.01. The van der Waals surface area contributed by atoms with E-state index in [1.807, 2.05) is 0 Å². The quantitative estimate of drug-likeness (QED) is 0.706.